The number of benzene rings is 1. The van der Waals surface area contributed by atoms with Crippen LogP contribution in [0.5, 0.6) is 0 Å². The van der Waals surface area contributed by atoms with Crippen LogP contribution in [0, 0.1) is 5.92 Å². The number of nitrogens with zero attached hydrogens (tertiary/aromatic N) is 3. The van der Waals surface area contributed by atoms with Crippen LogP contribution >= 0.6 is 0 Å². The lowest BCUT2D eigenvalue weighted by molar-refractivity contribution is 0.0601. The summed E-state index contributed by atoms with van der Waals surface area (Å²) >= 11 is 0. The molecule has 6 heteroatoms. The van der Waals surface area contributed by atoms with Gasteiger partial charge in [-0.15, -0.1) is 0 Å². The van der Waals surface area contributed by atoms with Crippen molar-refractivity contribution < 1.29 is 9.53 Å². The third-order valence-corrected chi connectivity index (χ3v) is 4.14. The molecule has 0 radical (unpaired) electrons. The van der Waals surface area contributed by atoms with E-state index in [0.29, 0.717) is 17.3 Å². The van der Waals surface area contributed by atoms with E-state index in [1.807, 2.05) is 18.2 Å². The zero-order chi connectivity index (χ0) is 16.9. The van der Waals surface area contributed by atoms with Gasteiger partial charge in [-0.3, -0.25) is 0 Å². The quantitative estimate of drug-likeness (QED) is 0.870. The first-order valence-corrected chi connectivity index (χ1v) is 8.19. The first-order valence-electron chi connectivity index (χ1n) is 8.19. The molecule has 1 aromatic heterocycles. The summed E-state index contributed by atoms with van der Waals surface area (Å²) in [6, 6.07) is 8.98. The van der Waals surface area contributed by atoms with E-state index < -0.39 is 0 Å². The van der Waals surface area contributed by atoms with Gasteiger partial charge in [0, 0.05) is 25.0 Å². The molecule has 3 rings (SSSR count). The minimum absolute atomic E-state index is 0.357. The van der Waals surface area contributed by atoms with Crippen molar-refractivity contribution in [3.05, 3.63) is 42.1 Å². The molecule has 6 nitrogen and oxygen atoms in total. The van der Waals surface area contributed by atoms with Crippen LogP contribution < -0.4 is 10.2 Å². The highest BCUT2D eigenvalue weighted by molar-refractivity contribution is 5.90. The second-order valence-electron chi connectivity index (χ2n) is 6.13. The second kappa shape index (κ2) is 7.29. The smallest absolute Gasteiger partial charge is 0.337 e. The highest BCUT2D eigenvalue weighted by Crippen LogP contribution is 2.22. The molecular weight excluding hydrogens is 304 g/mol. The number of anilines is 3. The Balaban J connectivity index is 1.76. The number of hydrogen-bond donors (Lipinski definition) is 1. The van der Waals surface area contributed by atoms with Gasteiger partial charge in [-0.2, -0.15) is 4.98 Å². The van der Waals surface area contributed by atoms with Crippen molar-refractivity contribution in [1.29, 1.82) is 0 Å². The molecule has 1 aliphatic rings. The average Bonchev–Trinajstić information content (AvgIpc) is 2.61. The predicted molar refractivity (Wildman–Crippen MR) is 93.7 cm³/mol. The average molecular weight is 326 g/mol. The van der Waals surface area contributed by atoms with Crippen LogP contribution in [0.15, 0.2) is 36.5 Å². The molecule has 0 bridgehead atoms. The van der Waals surface area contributed by atoms with Crippen LogP contribution in [0.4, 0.5) is 17.5 Å². The highest BCUT2D eigenvalue weighted by Gasteiger charge is 2.18. The molecule has 1 N–H and O–H groups in total. The highest BCUT2D eigenvalue weighted by atomic mass is 16.5. The van der Waals surface area contributed by atoms with E-state index in [9.17, 15) is 4.79 Å². The third-order valence-electron chi connectivity index (χ3n) is 4.14. The Labute approximate surface area is 141 Å². The molecule has 1 unspecified atom stereocenters. The van der Waals surface area contributed by atoms with Crippen molar-refractivity contribution in [3.63, 3.8) is 0 Å². The number of carbonyl (C=O) groups is 1. The first kappa shape index (κ1) is 16.2. The Bertz CT molecular complexity index is 720. The van der Waals surface area contributed by atoms with Gasteiger partial charge in [-0.1, -0.05) is 13.0 Å². The fourth-order valence-corrected chi connectivity index (χ4v) is 2.93. The van der Waals surface area contributed by atoms with Crippen LogP contribution in [-0.2, 0) is 4.74 Å². The maximum atomic E-state index is 11.6. The summed E-state index contributed by atoms with van der Waals surface area (Å²) in [7, 11) is 1.37. The van der Waals surface area contributed by atoms with Crippen LogP contribution in [-0.4, -0.2) is 36.1 Å². The number of nitrogens with one attached hydrogen (secondary N) is 1. The fourth-order valence-electron chi connectivity index (χ4n) is 2.93. The van der Waals surface area contributed by atoms with Gasteiger partial charge in [-0.25, -0.2) is 9.78 Å². The summed E-state index contributed by atoms with van der Waals surface area (Å²) in [5.74, 6) is 1.76. The predicted octanol–water partition coefficient (Wildman–Crippen LogP) is 3.24. The molecule has 2 heterocycles. The Hall–Kier alpha value is -2.63. The van der Waals surface area contributed by atoms with Crippen molar-refractivity contribution in [2.75, 3.05) is 30.4 Å². The topological polar surface area (TPSA) is 67.3 Å². The number of rotatable bonds is 4. The van der Waals surface area contributed by atoms with Gasteiger partial charge in [-0.05, 0) is 43.0 Å². The molecule has 1 aromatic carbocycles. The number of carbonyl (C=O) groups excluding carboxylic acids is 1. The number of esters is 1. The Kier molecular flexibility index (Phi) is 4.93. The molecule has 0 amide bonds. The molecule has 126 valence electrons. The van der Waals surface area contributed by atoms with Gasteiger partial charge in [0.05, 0.1) is 12.7 Å². The summed E-state index contributed by atoms with van der Waals surface area (Å²) in [6.45, 7) is 4.24. The lowest BCUT2D eigenvalue weighted by Gasteiger charge is -2.30. The van der Waals surface area contributed by atoms with E-state index >= 15 is 0 Å². The fraction of sp³-hybridized carbons (Fsp3) is 0.389. The van der Waals surface area contributed by atoms with Crippen molar-refractivity contribution in [3.8, 4) is 0 Å². The Morgan fingerprint density at radius 3 is 3.04 bits per heavy atom. The monoisotopic (exact) mass is 326 g/mol. The Morgan fingerprint density at radius 1 is 1.38 bits per heavy atom. The van der Waals surface area contributed by atoms with Crippen LogP contribution in [0.1, 0.15) is 30.1 Å². The molecule has 1 aliphatic heterocycles. The summed E-state index contributed by atoms with van der Waals surface area (Å²) < 4.78 is 4.75. The summed E-state index contributed by atoms with van der Waals surface area (Å²) in [5, 5.41) is 3.23. The Morgan fingerprint density at radius 2 is 2.25 bits per heavy atom. The van der Waals surface area contributed by atoms with E-state index in [0.717, 1.165) is 24.7 Å². The third kappa shape index (κ3) is 3.82. The summed E-state index contributed by atoms with van der Waals surface area (Å²) in [5.41, 5.74) is 1.29. The maximum absolute atomic E-state index is 11.6. The van der Waals surface area contributed by atoms with E-state index in [2.05, 4.69) is 27.1 Å². The maximum Gasteiger partial charge on any atom is 0.337 e. The number of ether oxygens (including phenoxy) is 1. The van der Waals surface area contributed by atoms with E-state index in [-0.39, 0.29) is 5.97 Å². The van der Waals surface area contributed by atoms with E-state index in [4.69, 9.17) is 4.74 Å². The van der Waals surface area contributed by atoms with Crippen LogP contribution in [0.2, 0.25) is 0 Å². The number of piperidine rings is 1. The zero-order valence-electron chi connectivity index (χ0n) is 14.0. The standard InChI is InChI=1S/C18H22N4O2/c1-13-5-4-10-22(12-13)18-19-9-8-16(21-18)20-15-7-3-6-14(11-15)17(23)24-2/h3,6-9,11,13H,4-5,10,12H2,1-2H3,(H,19,20,21). The first-order chi connectivity index (χ1) is 11.7. The van der Waals surface area contributed by atoms with Crippen LogP contribution in [0.25, 0.3) is 0 Å². The summed E-state index contributed by atoms with van der Waals surface area (Å²) in [4.78, 5) is 22.9. The van der Waals surface area contributed by atoms with Crippen molar-refractivity contribution in [1.82, 2.24) is 9.97 Å². The summed E-state index contributed by atoms with van der Waals surface area (Å²) in [6.07, 6.45) is 4.19. The lowest BCUT2D eigenvalue weighted by Crippen LogP contribution is -2.35. The van der Waals surface area contributed by atoms with Gasteiger partial charge in [0.25, 0.3) is 0 Å². The van der Waals surface area contributed by atoms with Crippen LogP contribution in [0.3, 0.4) is 0 Å². The molecule has 2 aromatic rings. The molecule has 1 saturated heterocycles. The number of aromatic nitrogens is 2. The zero-order valence-corrected chi connectivity index (χ0v) is 14.0. The second-order valence-corrected chi connectivity index (χ2v) is 6.13. The van der Waals surface area contributed by atoms with Crippen molar-refractivity contribution >= 4 is 23.4 Å². The number of hydrogen-bond acceptors (Lipinski definition) is 6. The van der Waals surface area contributed by atoms with Crippen molar-refractivity contribution in [2.45, 2.75) is 19.8 Å². The molecule has 24 heavy (non-hydrogen) atoms. The molecule has 1 fully saturated rings. The normalized spacial score (nSPS) is 17.4. The minimum Gasteiger partial charge on any atom is -0.465 e. The number of methoxy groups -OCH3 is 1. The lowest BCUT2D eigenvalue weighted by atomic mass is 10.0. The molecule has 0 spiro atoms. The van der Waals surface area contributed by atoms with Gasteiger partial charge in [0.1, 0.15) is 5.82 Å². The SMILES string of the molecule is COC(=O)c1cccc(Nc2ccnc(N3CCCC(C)C3)n2)c1. The van der Waals surface area contributed by atoms with Crippen molar-refractivity contribution in [2.24, 2.45) is 5.92 Å². The van der Waals surface area contributed by atoms with Gasteiger partial charge in [0.2, 0.25) is 5.95 Å². The van der Waals surface area contributed by atoms with Gasteiger partial charge >= 0.3 is 5.97 Å². The van der Waals surface area contributed by atoms with E-state index in [1.165, 1.54) is 20.0 Å². The minimum atomic E-state index is -0.357. The van der Waals surface area contributed by atoms with Gasteiger partial charge < -0.3 is 15.0 Å². The van der Waals surface area contributed by atoms with E-state index in [1.54, 1.807) is 18.3 Å². The molecule has 0 aliphatic carbocycles. The molecule has 0 saturated carbocycles. The molecular formula is C18H22N4O2. The molecule has 1 atom stereocenters. The largest absolute Gasteiger partial charge is 0.465 e. The van der Waals surface area contributed by atoms with Gasteiger partial charge in [0.15, 0.2) is 0 Å².